The molecule has 29 heavy (non-hydrogen) atoms. The minimum atomic E-state index is -0.0254. The van der Waals surface area contributed by atoms with Gasteiger partial charge in [0.05, 0.1) is 5.57 Å². The molecule has 140 valence electrons. The van der Waals surface area contributed by atoms with E-state index in [4.69, 9.17) is 4.74 Å². The number of anilines is 1. The van der Waals surface area contributed by atoms with Crippen molar-refractivity contribution in [1.82, 2.24) is 0 Å². The fourth-order valence-electron chi connectivity index (χ4n) is 3.72. The van der Waals surface area contributed by atoms with Gasteiger partial charge in [-0.15, -0.1) is 0 Å². The number of hydrogen-bond donors (Lipinski definition) is 1. The summed E-state index contributed by atoms with van der Waals surface area (Å²) >= 11 is 0. The fourth-order valence-corrected chi connectivity index (χ4v) is 3.72. The lowest BCUT2D eigenvalue weighted by Gasteiger charge is -2.25. The van der Waals surface area contributed by atoms with Crippen LogP contribution in [0.3, 0.4) is 0 Å². The highest BCUT2D eigenvalue weighted by Gasteiger charge is 2.27. The SMILES string of the molecule is O=C(C1=C(Nc2ccccc2)Oc2ccc3ccccc3c2C1)c1ccccc1. The molecule has 0 spiro atoms. The van der Waals surface area contributed by atoms with Crippen LogP contribution in [0.1, 0.15) is 15.9 Å². The van der Waals surface area contributed by atoms with Crippen LogP contribution in [0.15, 0.2) is 109 Å². The number of nitrogens with one attached hydrogen (secondary N) is 1. The monoisotopic (exact) mass is 377 g/mol. The molecule has 4 aromatic rings. The van der Waals surface area contributed by atoms with E-state index >= 15 is 0 Å². The predicted octanol–water partition coefficient (Wildman–Crippen LogP) is 5.98. The Morgan fingerprint density at radius 1 is 0.759 bits per heavy atom. The van der Waals surface area contributed by atoms with Crippen LogP contribution in [-0.2, 0) is 6.42 Å². The molecule has 0 amide bonds. The number of fused-ring (bicyclic) bond motifs is 3. The maximum absolute atomic E-state index is 13.4. The second kappa shape index (κ2) is 7.28. The van der Waals surface area contributed by atoms with Crippen molar-refractivity contribution in [1.29, 1.82) is 0 Å². The number of rotatable bonds is 4. The Balaban J connectivity index is 1.63. The van der Waals surface area contributed by atoms with Gasteiger partial charge in [0.2, 0.25) is 5.88 Å². The normalized spacial score (nSPS) is 13.0. The van der Waals surface area contributed by atoms with Crippen molar-refractivity contribution in [2.75, 3.05) is 5.32 Å². The molecule has 0 radical (unpaired) electrons. The minimum Gasteiger partial charge on any atom is -0.440 e. The van der Waals surface area contributed by atoms with Crippen LogP contribution in [0.25, 0.3) is 10.8 Å². The topological polar surface area (TPSA) is 38.3 Å². The number of carbonyl (C=O) groups excluding carboxylic acids is 1. The molecule has 0 atom stereocenters. The highest BCUT2D eigenvalue weighted by molar-refractivity contribution is 6.10. The maximum Gasteiger partial charge on any atom is 0.205 e. The molecule has 5 rings (SSSR count). The second-order valence-corrected chi connectivity index (χ2v) is 7.04. The molecule has 1 aliphatic heterocycles. The van der Waals surface area contributed by atoms with Crippen molar-refractivity contribution in [2.45, 2.75) is 6.42 Å². The zero-order valence-electron chi connectivity index (χ0n) is 15.8. The molecule has 0 fully saturated rings. The molecule has 1 N–H and O–H groups in total. The van der Waals surface area contributed by atoms with Crippen LogP contribution in [0, 0.1) is 0 Å². The van der Waals surface area contributed by atoms with Gasteiger partial charge in [0.25, 0.3) is 0 Å². The molecule has 4 aromatic carbocycles. The summed E-state index contributed by atoms with van der Waals surface area (Å²) in [6.45, 7) is 0. The van der Waals surface area contributed by atoms with Crippen LogP contribution in [0.2, 0.25) is 0 Å². The number of benzene rings is 4. The molecule has 0 saturated heterocycles. The van der Waals surface area contributed by atoms with Crippen LogP contribution in [-0.4, -0.2) is 5.78 Å². The number of ketones is 1. The summed E-state index contributed by atoms with van der Waals surface area (Å²) in [5.74, 6) is 1.25. The van der Waals surface area contributed by atoms with Gasteiger partial charge in [0.1, 0.15) is 5.75 Å². The largest absolute Gasteiger partial charge is 0.440 e. The van der Waals surface area contributed by atoms with Gasteiger partial charge in [-0.3, -0.25) is 4.79 Å². The summed E-state index contributed by atoms with van der Waals surface area (Å²) in [6, 6.07) is 31.4. The smallest absolute Gasteiger partial charge is 0.205 e. The van der Waals surface area contributed by atoms with Crippen LogP contribution in [0.4, 0.5) is 5.69 Å². The van der Waals surface area contributed by atoms with Crippen molar-refractivity contribution in [2.24, 2.45) is 0 Å². The molecule has 0 unspecified atom stereocenters. The van der Waals surface area contributed by atoms with Crippen LogP contribution in [0.5, 0.6) is 5.75 Å². The lowest BCUT2D eigenvalue weighted by atomic mass is 9.92. The zero-order valence-corrected chi connectivity index (χ0v) is 15.8. The minimum absolute atomic E-state index is 0.0254. The predicted molar refractivity (Wildman–Crippen MR) is 116 cm³/mol. The Morgan fingerprint density at radius 3 is 2.24 bits per heavy atom. The van der Waals surface area contributed by atoms with E-state index < -0.39 is 0 Å². The van der Waals surface area contributed by atoms with E-state index in [2.05, 4.69) is 23.5 Å². The molecule has 1 heterocycles. The quantitative estimate of drug-likeness (QED) is 0.445. The average molecular weight is 377 g/mol. The number of para-hydroxylation sites is 1. The van der Waals surface area contributed by atoms with Gasteiger partial charge in [-0.1, -0.05) is 78.9 Å². The van der Waals surface area contributed by atoms with Crippen LogP contribution < -0.4 is 10.1 Å². The van der Waals surface area contributed by atoms with E-state index in [9.17, 15) is 4.79 Å². The Hall–Kier alpha value is -3.85. The number of Topliss-reactive ketones (excluding diaryl/α,β-unsaturated/α-hetero) is 1. The van der Waals surface area contributed by atoms with Gasteiger partial charge >= 0.3 is 0 Å². The Labute approximate surface area is 169 Å². The fraction of sp³-hybridized carbons (Fsp3) is 0.0385. The maximum atomic E-state index is 13.4. The summed E-state index contributed by atoms with van der Waals surface area (Å²) in [5, 5.41) is 5.56. The molecule has 0 saturated carbocycles. The Kier molecular flexibility index (Phi) is 4.34. The molecular weight excluding hydrogens is 358 g/mol. The van der Waals surface area contributed by atoms with Gasteiger partial charge in [0.15, 0.2) is 5.78 Å². The van der Waals surface area contributed by atoms with Crippen molar-refractivity contribution >= 4 is 22.2 Å². The lowest BCUT2D eigenvalue weighted by Crippen LogP contribution is -2.22. The van der Waals surface area contributed by atoms with Crippen molar-refractivity contribution in [3.63, 3.8) is 0 Å². The van der Waals surface area contributed by atoms with Crippen molar-refractivity contribution in [3.8, 4) is 5.75 Å². The van der Waals surface area contributed by atoms with E-state index in [-0.39, 0.29) is 5.78 Å². The highest BCUT2D eigenvalue weighted by atomic mass is 16.5. The first kappa shape index (κ1) is 17.3. The van der Waals surface area contributed by atoms with E-state index in [0.717, 1.165) is 27.8 Å². The van der Waals surface area contributed by atoms with Crippen molar-refractivity contribution in [3.05, 3.63) is 120 Å². The van der Waals surface area contributed by atoms with E-state index in [1.54, 1.807) is 0 Å². The summed E-state index contributed by atoms with van der Waals surface area (Å²) in [7, 11) is 0. The molecule has 0 aromatic heterocycles. The van der Waals surface area contributed by atoms with Crippen molar-refractivity contribution < 1.29 is 9.53 Å². The molecule has 3 nitrogen and oxygen atoms in total. The van der Waals surface area contributed by atoms with E-state index in [1.807, 2.05) is 78.9 Å². The van der Waals surface area contributed by atoms with Crippen LogP contribution >= 0.6 is 0 Å². The molecule has 0 bridgehead atoms. The third-order valence-electron chi connectivity index (χ3n) is 5.18. The first-order valence-electron chi connectivity index (χ1n) is 9.63. The third-order valence-corrected chi connectivity index (χ3v) is 5.18. The number of ether oxygens (including phenoxy) is 1. The second-order valence-electron chi connectivity index (χ2n) is 7.04. The van der Waals surface area contributed by atoms with Gasteiger partial charge < -0.3 is 10.1 Å². The zero-order chi connectivity index (χ0) is 19.6. The third kappa shape index (κ3) is 3.27. The van der Waals surface area contributed by atoms with Gasteiger partial charge in [-0.2, -0.15) is 0 Å². The summed E-state index contributed by atoms with van der Waals surface area (Å²) < 4.78 is 6.25. The van der Waals surface area contributed by atoms with Gasteiger partial charge in [-0.25, -0.2) is 0 Å². The van der Waals surface area contributed by atoms with Gasteiger partial charge in [0, 0.05) is 23.2 Å². The number of allylic oxidation sites excluding steroid dienone is 1. The first-order chi connectivity index (χ1) is 14.3. The van der Waals surface area contributed by atoms with E-state index in [1.165, 1.54) is 0 Å². The molecule has 3 heteroatoms. The average Bonchev–Trinajstić information content (AvgIpc) is 2.79. The summed E-state index contributed by atoms with van der Waals surface area (Å²) in [4.78, 5) is 13.4. The number of hydrogen-bond acceptors (Lipinski definition) is 3. The molecule has 0 aliphatic carbocycles. The molecule has 1 aliphatic rings. The van der Waals surface area contributed by atoms with E-state index in [0.29, 0.717) is 23.4 Å². The summed E-state index contributed by atoms with van der Waals surface area (Å²) in [6.07, 6.45) is 0.513. The first-order valence-corrected chi connectivity index (χ1v) is 9.63. The Morgan fingerprint density at radius 2 is 1.45 bits per heavy atom. The Bertz CT molecular complexity index is 1230. The van der Waals surface area contributed by atoms with Gasteiger partial charge in [-0.05, 0) is 29.0 Å². The highest BCUT2D eigenvalue weighted by Crippen LogP contribution is 2.37. The number of carbonyl (C=O) groups is 1. The summed E-state index contributed by atoms with van der Waals surface area (Å²) in [5.41, 5.74) is 3.21. The standard InChI is InChI=1S/C26H19NO2/c28-25(19-10-3-1-4-11-19)23-17-22-21-14-8-7-9-18(21)15-16-24(22)29-26(23)27-20-12-5-2-6-13-20/h1-16,27H,17H2. The molecular formula is C26H19NO2. The lowest BCUT2D eigenvalue weighted by molar-refractivity contribution is 0.102.